The van der Waals surface area contributed by atoms with Crippen LogP contribution in [0.25, 0.3) is 0 Å². The summed E-state index contributed by atoms with van der Waals surface area (Å²) in [6.07, 6.45) is 1.06. The van der Waals surface area contributed by atoms with Gasteiger partial charge in [-0.25, -0.2) is 0 Å². The van der Waals surface area contributed by atoms with E-state index in [2.05, 4.69) is 48.6 Å². The topological polar surface area (TPSA) is 30.5 Å². The molecular weight excluding hydrogens is 262 g/mol. The second kappa shape index (κ2) is 6.19. The van der Waals surface area contributed by atoms with Crippen LogP contribution in [-0.2, 0) is 6.42 Å². The molecule has 21 heavy (non-hydrogen) atoms. The van der Waals surface area contributed by atoms with Gasteiger partial charge in [-0.2, -0.15) is 0 Å². The van der Waals surface area contributed by atoms with E-state index in [0.29, 0.717) is 13.2 Å². The number of nitrogens with one attached hydrogen (secondary N) is 1. The highest BCUT2D eigenvalue weighted by molar-refractivity contribution is 5.46. The molecule has 3 rings (SSSR count). The van der Waals surface area contributed by atoms with E-state index in [1.165, 1.54) is 16.7 Å². The van der Waals surface area contributed by atoms with Crippen LogP contribution in [0, 0.1) is 0 Å². The van der Waals surface area contributed by atoms with Gasteiger partial charge in [-0.1, -0.05) is 37.3 Å². The van der Waals surface area contributed by atoms with Crippen molar-refractivity contribution < 1.29 is 9.47 Å². The summed E-state index contributed by atoms with van der Waals surface area (Å²) in [5.41, 5.74) is 3.80. The van der Waals surface area contributed by atoms with E-state index in [4.69, 9.17) is 9.47 Å². The molecule has 0 fully saturated rings. The Morgan fingerprint density at radius 3 is 2.29 bits per heavy atom. The SMILES string of the molecule is CCc1ccc(C(NC)c2ccc3c(c2)OCCO3)cc1. The second-order valence-electron chi connectivity index (χ2n) is 5.22. The summed E-state index contributed by atoms with van der Waals surface area (Å²) in [7, 11) is 1.98. The number of aryl methyl sites for hydroxylation is 1. The molecule has 0 aliphatic carbocycles. The largest absolute Gasteiger partial charge is 0.486 e. The molecule has 1 N–H and O–H groups in total. The van der Waals surface area contributed by atoms with Gasteiger partial charge in [0, 0.05) is 0 Å². The summed E-state index contributed by atoms with van der Waals surface area (Å²) in [5, 5.41) is 3.38. The van der Waals surface area contributed by atoms with Crippen molar-refractivity contribution in [2.45, 2.75) is 19.4 Å². The maximum atomic E-state index is 5.68. The van der Waals surface area contributed by atoms with Crippen molar-refractivity contribution in [3.63, 3.8) is 0 Å². The molecule has 3 nitrogen and oxygen atoms in total. The highest BCUT2D eigenvalue weighted by atomic mass is 16.6. The summed E-state index contributed by atoms with van der Waals surface area (Å²) in [4.78, 5) is 0. The minimum atomic E-state index is 0.159. The number of hydrogen-bond acceptors (Lipinski definition) is 3. The lowest BCUT2D eigenvalue weighted by molar-refractivity contribution is 0.171. The predicted octanol–water partition coefficient (Wildman–Crippen LogP) is 3.33. The Balaban J connectivity index is 1.91. The molecule has 0 spiro atoms. The first kappa shape index (κ1) is 14.0. The van der Waals surface area contributed by atoms with Crippen LogP contribution in [0.2, 0.25) is 0 Å². The van der Waals surface area contributed by atoms with Gasteiger partial charge in [0.15, 0.2) is 11.5 Å². The molecule has 3 heteroatoms. The zero-order chi connectivity index (χ0) is 14.7. The Morgan fingerprint density at radius 2 is 1.62 bits per heavy atom. The number of benzene rings is 2. The van der Waals surface area contributed by atoms with Crippen LogP contribution in [-0.4, -0.2) is 20.3 Å². The lowest BCUT2D eigenvalue weighted by atomic mass is 9.97. The van der Waals surface area contributed by atoms with Crippen LogP contribution < -0.4 is 14.8 Å². The van der Waals surface area contributed by atoms with E-state index in [-0.39, 0.29) is 6.04 Å². The minimum absolute atomic E-state index is 0.159. The molecule has 1 heterocycles. The van der Waals surface area contributed by atoms with Gasteiger partial charge < -0.3 is 14.8 Å². The zero-order valence-electron chi connectivity index (χ0n) is 12.6. The first-order chi connectivity index (χ1) is 10.3. The number of hydrogen-bond donors (Lipinski definition) is 1. The maximum Gasteiger partial charge on any atom is 0.161 e. The molecule has 0 radical (unpaired) electrons. The molecule has 1 atom stereocenters. The van der Waals surface area contributed by atoms with Gasteiger partial charge in [0.2, 0.25) is 0 Å². The van der Waals surface area contributed by atoms with Crippen molar-refractivity contribution in [2.75, 3.05) is 20.3 Å². The van der Waals surface area contributed by atoms with Crippen molar-refractivity contribution >= 4 is 0 Å². The molecule has 1 unspecified atom stereocenters. The van der Waals surface area contributed by atoms with Crippen LogP contribution in [0.1, 0.15) is 29.7 Å². The lowest BCUT2D eigenvalue weighted by Crippen LogP contribution is -2.19. The van der Waals surface area contributed by atoms with Crippen LogP contribution in [0.15, 0.2) is 42.5 Å². The van der Waals surface area contributed by atoms with Gasteiger partial charge in [0.1, 0.15) is 13.2 Å². The third-order valence-electron chi connectivity index (χ3n) is 3.91. The first-order valence-corrected chi connectivity index (χ1v) is 7.47. The molecule has 0 bridgehead atoms. The average molecular weight is 283 g/mol. The fourth-order valence-corrected chi connectivity index (χ4v) is 2.71. The normalized spacial score (nSPS) is 14.8. The van der Waals surface area contributed by atoms with E-state index < -0.39 is 0 Å². The molecule has 1 aliphatic rings. The number of fused-ring (bicyclic) bond motifs is 1. The van der Waals surface area contributed by atoms with Gasteiger partial charge in [0.25, 0.3) is 0 Å². The average Bonchev–Trinajstić information content (AvgIpc) is 2.56. The van der Waals surface area contributed by atoms with Crippen molar-refractivity contribution in [1.29, 1.82) is 0 Å². The summed E-state index contributed by atoms with van der Waals surface area (Å²) in [6.45, 7) is 3.41. The Labute approximate surface area is 125 Å². The fraction of sp³-hybridized carbons (Fsp3) is 0.333. The van der Waals surface area contributed by atoms with Crippen LogP contribution in [0.5, 0.6) is 11.5 Å². The number of rotatable bonds is 4. The summed E-state index contributed by atoms with van der Waals surface area (Å²) < 4.78 is 11.3. The van der Waals surface area contributed by atoms with Gasteiger partial charge in [0.05, 0.1) is 6.04 Å². The summed E-state index contributed by atoms with van der Waals surface area (Å²) >= 11 is 0. The van der Waals surface area contributed by atoms with Crippen molar-refractivity contribution in [3.05, 3.63) is 59.2 Å². The molecular formula is C18H21NO2. The molecule has 0 aromatic heterocycles. The van der Waals surface area contributed by atoms with Gasteiger partial charge in [-0.3, -0.25) is 0 Å². The van der Waals surface area contributed by atoms with E-state index in [9.17, 15) is 0 Å². The highest BCUT2D eigenvalue weighted by Gasteiger charge is 2.17. The summed E-state index contributed by atoms with van der Waals surface area (Å²) in [6, 6.07) is 15.1. The van der Waals surface area contributed by atoms with Gasteiger partial charge in [-0.05, 0) is 42.3 Å². The van der Waals surface area contributed by atoms with Crippen molar-refractivity contribution in [3.8, 4) is 11.5 Å². The quantitative estimate of drug-likeness (QED) is 0.933. The minimum Gasteiger partial charge on any atom is -0.486 e. The van der Waals surface area contributed by atoms with Crippen LogP contribution in [0.3, 0.4) is 0 Å². The van der Waals surface area contributed by atoms with E-state index in [1.54, 1.807) is 0 Å². The molecule has 110 valence electrons. The van der Waals surface area contributed by atoms with E-state index in [0.717, 1.165) is 17.9 Å². The van der Waals surface area contributed by atoms with Crippen molar-refractivity contribution in [1.82, 2.24) is 5.32 Å². The standard InChI is InChI=1S/C18H21NO2/c1-3-13-4-6-14(7-5-13)18(19-2)15-8-9-16-17(12-15)21-11-10-20-16/h4-9,12,18-19H,3,10-11H2,1-2H3. The Bertz CT molecular complexity index is 607. The Hall–Kier alpha value is -2.00. The monoisotopic (exact) mass is 283 g/mol. The molecule has 0 amide bonds. The second-order valence-corrected chi connectivity index (χ2v) is 5.22. The predicted molar refractivity (Wildman–Crippen MR) is 84.2 cm³/mol. The first-order valence-electron chi connectivity index (χ1n) is 7.47. The van der Waals surface area contributed by atoms with E-state index >= 15 is 0 Å². The molecule has 0 saturated heterocycles. The van der Waals surface area contributed by atoms with E-state index in [1.807, 2.05) is 13.1 Å². The lowest BCUT2D eigenvalue weighted by Gasteiger charge is -2.22. The van der Waals surface area contributed by atoms with Crippen LogP contribution >= 0.6 is 0 Å². The molecule has 1 aliphatic heterocycles. The Kier molecular flexibility index (Phi) is 4.11. The highest BCUT2D eigenvalue weighted by Crippen LogP contribution is 2.34. The summed E-state index contributed by atoms with van der Waals surface area (Å²) in [5.74, 6) is 1.67. The third kappa shape index (κ3) is 2.88. The van der Waals surface area contributed by atoms with Crippen LogP contribution in [0.4, 0.5) is 0 Å². The third-order valence-corrected chi connectivity index (χ3v) is 3.91. The smallest absolute Gasteiger partial charge is 0.161 e. The van der Waals surface area contributed by atoms with Gasteiger partial charge >= 0.3 is 0 Å². The fourth-order valence-electron chi connectivity index (χ4n) is 2.71. The maximum absolute atomic E-state index is 5.68. The van der Waals surface area contributed by atoms with Crippen molar-refractivity contribution in [2.24, 2.45) is 0 Å². The zero-order valence-corrected chi connectivity index (χ0v) is 12.6. The van der Waals surface area contributed by atoms with Gasteiger partial charge in [-0.15, -0.1) is 0 Å². The number of ether oxygens (including phenoxy) is 2. The molecule has 2 aromatic carbocycles. The molecule has 2 aromatic rings. The molecule has 0 saturated carbocycles. The Morgan fingerprint density at radius 1 is 0.952 bits per heavy atom.